The van der Waals surface area contributed by atoms with E-state index in [4.69, 9.17) is 4.74 Å². The van der Waals surface area contributed by atoms with E-state index >= 15 is 0 Å². The van der Waals surface area contributed by atoms with Gasteiger partial charge in [0.25, 0.3) is 0 Å². The maximum absolute atomic E-state index is 11.0. The molecule has 1 aromatic rings. The third-order valence-electron chi connectivity index (χ3n) is 1.76. The molecular formula is C10H14N2O2. The van der Waals surface area contributed by atoms with Crippen LogP contribution in [0.2, 0.25) is 0 Å². The van der Waals surface area contributed by atoms with E-state index in [1.54, 1.807) is 19.3 Å². The highest BCUT2D eigenvalue weighted by Crippen LogP contribution is 2.01. The van der Waals surface area contributed by atoms with Crippen molar-refractivity contribution in [2.75, 3.05) is 6.61 Å². The summed E-state index contributed by atoms with van der Waals surface area (Å²) in [4.78, 5) is 19.1. The molecule has 0 bridgehead atoms. The predicted octanol–water partition coefficient (Wildman–Crippen LogP) is 1.28. The number of hydrogen-bond acceptors (Lipinski definition) is 4. The lowest BCUT2D eigenvalue weighted by molar-refractivity contribution is -0.143. The fourth-order valence-corrected chi connectivity index (χ4v) is 1.03. The highest BCUT2D eigenvalue weighted by Gasteiger charge is 2.02. The summed E-state index contributed by atoms with van der Waals surface area (Å²) in [6, 6.07) is 0. The van der Waals surface area contributed by atoms with Crippen LogP contribution < -0.4 is 0 Å². The van der Waals surface area contributed by atoms with E-state index in [0.29, 0.717) is 19.4 Å². The number of aryl methyl sites for hydroxylation is 2. The third kappa shape index (κ3) is 3.51. The zero-order valence-electron chi connectivity index (χ0n) is 8.49. The Morgan fingerprint density at radius 3 is 2.64 bits per heavy atom. The standard InChI is InChI=1S/C10H14N2O2/c1-3-14-10(13)5-4-9-6-11-8(2)12-7-9/h6-7H,3-5H2,1-2H3. The summed E-state index contributed by atoms with van der Waals surface area (Å²) in [5.41, 5.74) is 0.962. The first-order valence-corrected chi connectivity index (χ1v) is 4.65. The molecule has 4 heteroatoms. The van der Waals surface area contributed by atoms with E-state index < -0.39 is 0 Å². The molecule has 0 amide bonds. The first-order chi connectivity index (χ1) is 6.72. The van der Waals surface area contributed by atoms with Crippen molar-refractivity contribution in [1.29, 1.82) is 0 Å². The lowest BCUT2D eigenvalue weighted by Crippen LogP contribution is -2.05. The molecule has 0 spiro atoms. The maximum Gasteiger partial charge on any atom is 0.306 e. The van der Waals surface area contributed by atoms with Gasteiger partial charge in [0.2, 0.25) is 0 Å². The van der Waals surface area contributed by atoms with Crippen LogP contribution in [-0.2, 0) is 16.0 Å². The number of carbonyl (C=O) groups excluding carboxylic acids is 1. The number of nitrogens with zero attached hydrogens (tertiary/aromatic N) is 2. The number of ether oxygens (including phenoxy) is 1. The fraction of sp³-hybridized carbons (Fsp3) is 0.500. The first kappa shape index (κ1) is 10.6. The second-order valence-corrected chi connectivity index (χ2v) is 2.94. The molecular weight excluding hydrogens is 180 g/mol. The Morgan fingerprint density at radius 2 is 2.07 bits per heavy atom. The fourth-order valence-electron chi connectivity index (χ4n) is 1.03. The van der Waals surface area contributed by atoms with Gasteiger partial charge in [-0.1, -0.05) is 0 Å². The maximum atomic E-state index is 11.0. The van der Waals surface area contributed by atoms with Gasteiger partial charge in [0.1, 0.15) is 5.82 Å². The van der Waals surface area contributed by atoms with E-state index in [9.17, 15) is 4.79 Å². The third-order valence-corrected chi connectivity index (χ3v) is 1.76. The lowest BCUT2D eigenvalue weighted by Gasteiger charge is -2.01. The van der Waals surface area contributed by atoms with Crippen molar-refractivity contribution in [3.05, 3.63) is 23.8 Å². The molecule has 0 aliphatic rings. The number of esters is 1. The van der Waals surface area contributed by atoms with E-state index in [2.05, 4.69) is 9.97 Å². The minimum Gasteiger partial charge on any atom is -0.466 e. The summed E-state index contributed by atoms with van der Waals surface area (Å²) < 4.78 is 4.81. The van der Waals surface area contributed by atoms with E-state index in [0.717, 1.165) is 11.4 Å². The van der Waals surface area contributed by atoms with Gasteiger partial charge in [-0.3, -0.25) is 4.79 Å². The Balaban J connectivity index is 2.38. The molecule has 0 aliphatic heterocycles. The monoisotopic (exact) mass is 194 g/mol. The van der Waals surface area contributed by atoms with Crippen molar-refractivity contribution >= 4 is 5.97 Å². The second-order valence-electron chi connectivity index (χ2n) is 2.94. The van der Waals surface area contributed by atoms with Gasteiger partial charge < -0.3 is 4.74 Å². The van der Waals surface area contributed by atoms with Crippen LogP contribution in [0.1, 0.15) is 24.7 Å². The van der Waals surface area contributed by atoms with Gasteiger partial charge in [-0.25, -0.2) is 9.97 Å². The van der Waals surface area contributed by atoms with Crippen molar-refractivity contribution in [3.63, 3.8) is 0 Å². The topological polar surface area (TPSA) is 52.1 Å². The predicted molar refractivity (Wildman–Crippen MR) is 51.7 cm³/mol. The van der Waals surface area contributed by atoms with Crippen molar-refractivity contribution in [3.8, 4) is 0 Å². The van der Waals surface area contributed by atoms with Crippen LogP contribution in [0.5, 0.6) is 0 Å². The van der Waals surface area contributed by atoms with Crippen LogP contribution in [0.25, 0.3) is 0 Å². The molecule has 0 saturated heterocycles. The summed E-state index contributed by atoms with van der Waals surface area (Å²) in [6.07, 6.45) is 4.50. The SMILES string of the molecule is CCOC(=O)CCc1cnc(C)nc1. The van der Waals surface area contributed by atoms with Crippen LogP contribution in [0.3, 0.4) is 0 Å². The largest absolute Gasteiger partial charge is 0.466 e. The van der Waals surface area contributed by atoms with Crippen molar-refractivity contribution < 1.29 is 9.53 Å². The molecule has 0 N–H and O–H groups in total. The molecule has 0 unspecified atom stereocenters. The molecule has 1 rings (SSSR count). The zero-order valence-corrected chi connectivity index (χ0v) is 8.49. The normalized spacial score (nSPS) is 9.86. The summed E-state index contributed by atoms with van der Waals surface area (Å²) in [6.45, 7) is 4.06. The van der Waals surface area contributed by atoms with Gasteiger partial charge in [-0.05, 0) is 25.8 Å². The Hall–Kier alpha value is -1.45. The number of hydrogen-bond donors (Lipinski definition) is 0. The summed E-state index contributed by atoms with van der Waals surface area (Å²) in [5, 5.41) is 0. The Kier molecular flexibility index (Phi) is 4.04. The van der Waals surface area contributed by atoms with Gasteiger partial charge in [0.05, 0.1) is 6.61 Å². The highest BCUT2D eigenvalue weighted by molar-refractivity contribution is 5.69. The van der Waals surface area contributed by atoms with Gasteiger partial charge in [0, 0.05) is 18.8 Å². The molecule has 0 aliphatic carbocycles. The Bertz CT molecular complexity index is 295. The number of aromatic nitrogens is 2. The van der Waals surface area contributed by atoms with Gasteiger partial charge in [-0.2, -0.15) is 0 Å². The van der Waals surface area contributed by atoms with E-state index in [1.165, 1.54) is 0 Å². The van der Waals surface area contributed by atoms with E-state index in [1.807, 2.05) is 6.92 Å². The smallest absolute Gasteiger partial charge is 0.306 e. The minimum absolute atomic E-state index is 0.173. The average molecular weight is 194 g/mol. The molecule has 1 aromatic heterocycles. The van der Waals surface area contributed by atoms with Gasteiger partial charge in [0.15, 0.2) is 0 Å². The molecule has 0 aromatic carbocycles. The average Bonchev–Trinajstić information content (AvgIpc) is 2.17. The van der Waals surface area contributed by atoms with Crippen LogP contribution in [-0.4, -0.2) is 22.5 Å². The molecule has 0 saturated carbocycles. The second kappa shape index (κ2) is 5.32. The molecule has 0 atom stereocenters. The summed E-state index contributed by atoms with van der Waals surface area (Å²) >= 11 is 0. The molecule has 1 heterocycles. The highest BCUT2D eigenvalue weighted by atomic mass is 16.5. The first-order valence-electron chi connectivity index (χ1n) is 4.65. The molecule has 4 nitrogen and oxygen atoms in total. The van der Waals surface area contributed by atoms with Crippen molar-refractivity contribution in [2.45, 2.75) is 26.7 Å². The molecule has 76 valence electrons. The zero-order chi connectivity index (χ0) is 10.4. The lowest BCUT2D eigenvalue weighted by atomic mass is 10.2. The molecule has 0 radical (unpaired) electrons. The van der Waals surface area contributed by atoms with Crippen molar-refractivity contribution in [2.24, 2.45) is 0 Å². The number of rotatable bonds is 4. The minimum atomic E-state index is -0.173. The quantitative estimate of drug-likeness (QED) is 0.677. The van der Waals surface area contributed by atoms with Crippen LogP contribution in [0.15, 0.2) is 12.4 Å². The summed E-state index contributed by atoms with van der Waals surface area (Å²) in [5.74, 6) is 0.568. The van der Waals surface area contributed by atoms with E-state index in [-0.39, 0.29) is 5.97 Å². The Morgan fingerprint density at radius 1 is 1.43 bits per heavy atom. The van der Waals surface area contributed by atoms with Gasteiger partial charge in [-0.15, -0.1) is 0 Å². The molecule has 14 heavy (non-hydrogen) atoms. The van der Waals surface area contributed by atoms with Crippen LogP contribution in [0, 0.1) is 6.92 Å². The summed E-state index contributed by atoms with van der Waals surface area (Å²) in [7, 11) is 0. The van der Waals surface area contributed by atoms with Crippen LogP contribution in [0.4, 0.5) is 0 Å². The van der Waals surface area contributed by atoms with Crippen molar-refractivity contribution in [1.82, 2.24) is 9.97 Å². The van der Waals surface area contributed by atoms with Crippen LogP contribution >= 0.6 is 0 Å². The molecule has 0 fully saturated rings. The Labute approximate surface area is 83.3 Å². The van der Waals surface area contributed by atoms with Gasteiger partial charge >= 0.3 is 5.97 Å². The number of carbonyl (C=O) groups is 1.